The van der Waals surface area contributed by atoms with Gasteiger partial charge in [0.05, 0.1) is 11.6 Å². The van der Waals surface area contributed by atoms with Crippen molar-refractivity contribution in [3.8, 4) is 6.07 Å². The minimum absolute atomic E-state index is 0.227. The highest BCUT2D eigenvalue weighted by atomic mass is 16.2. The third-order valence-electron chi connectivity index (χ3n) is 3.26. The van der Waals surface area contributed by atoms with E-state index in [-0.39, 0.29) is 5.69 Å². The van der Waals surface area contributed by atoms with Gasteiger partial charge >= 0.3 is 0 Å². The normalized spacial score (nSPS) is 11.6. The number of fused-ring (bicyclic) bond motifs is 1. The van der Waals surface area contributed by atoms with Gasteiger partial charge in [0, 0.05) is 11.8 Å². The van der Waals surface area contributed by atoms with E-state index in [9.17, 15) is 9.59 Å². The Balaban J connectivity index is 2.11. The first-order valence-electron chi connectivity index (χ1n) is 6.94. The minimum atomic E-state index is -0.797. The van der Waals surface area contributed by atoms with Gasteiger partial charge in [0.2, 0.25) is 5.91 Å². The van der Waals surface area contributed by atoms with Gasteiger partial charge in [0.15, 0.2) is 0 Å². The quantitative estimate of drug-likeness (QED) is 0.787. The zero-order valence-corrected chi connectivity index (χ0v) is 12.0. The molecule has 3 N–H and O–H groups in total. The van der Waals surface area contributed by atoms with Crippen LogP contribution in [0, 0.1) is 11.3 Å². The number of benzene rings is 1. The third kappa shape index (κ3) is 3.79. The van der Waals surface area contributed by atoms with Crippen LogP contribution < -0.4 is 11.1 Å². The number of carbonyl (C=O) groups excluding carboxylic acids is 2. The van der Waals surface area contributed by atoms with Gasteiger partial charge in [-0.2, -0.15) is 5.26 Å². The number of pyridine rings is 1. The van der Waals surface area contributed by atoms with E-state index in [1.807, 2.05) is 30.3 Å². The molecule has 0 radical (unpaired) electrons. The number of amides is 2. The van der Waals surface area contributed by atoms with Gasteiger partial charge in [0.1, 0.15) is 11.7 Å². The third-order valence-corrected chi connectivity index (χ3v) is 3.26. The molecule has 6 nitrogen and oxygen atoms in total. The molecule has 0 aliphatic heterocycles. The van der Waals surface area contributed by atoms with Crippen molar-refractivity contribution in [1.29, 1.82) is 5.26 Å². The summed E-state index contributed by atoms with van der Waals surface area (Å²) in [6.07, 6.45) is 1.14. The number of hydrogen-bond donors (Lipinski definition) is 2. The molecular weight excluding hydrogens is 280 g/mol. The van der Waals surface area contributed by atoms with E-state index >= 15 is 0 Å². The van der Waals surface area contributed by atoms with Crippen LogP contribution in [-0.2, 0) is 4.79 Å². The highest BCUT2D eigenvalue weighted by Crippen LogP contribution is 2.12. The van der Waals surface area contributed by atoms with Crippen molar-refractivity contribution < 1.29 is 9.59 Å². The first-order chi connectivity index (χ1) is 10.6. The van der Waals surface area contributed by atoms with Gasteiger partial charge in [-0.05, 0) is 25.0 Å². The number of nitrogens with two attached hydrogens (primary N) is 1. The maximum absolute atomic E-state index is 12.2. The molecule has 6 heteroatoms. The summed E-state index contributed by atoms with van der Waals surface area (Å²) >= 11 is 0. The number of carbonyl (C=O) groups is 2. The van der Waals surface area contributed by atoms with Gasteiger partial charge in [-0.1, -0.05) is 24.3 Å². The number of aromatic nitrogens is 1. The molecule has 0 aliphatic carbocycles. The summed E-state index contributed by atoms with van der Waals surface area (Å²) in [6, 6.07) is 12.0. The predicted octanol–water partition coefficient (Wildman–Crippen LogP) is 1.51. The summed E-state index contributed by atoms with van der Waals surface area (Å²) in [5, 5.41) is 12.0. The Bertz CT molecular complexity index is 736. The largest absolute Gasteiger partial charge is 0.368 e. The molecule has 22 heavy (non-hydrogen) atoms. The molecule has 0 aliphatic rings. The minimum Gasteiger partial charge on any atom is -0.368 e. The molecule has 0 fully saturated rings. The molecule has 112 valence electrons. The zero-order chi connectivity index (χ0) is 15.9. The first kappa shape index (κ1) is 15.4. The van der Waals surface area contributed by atoms with Crippen molar-refractivity contribution in [1.82, 2.24) is 10.3 Å². The van der Waals surface area contributed by atoms with E-state index in [1.54, 1.807) is 12.1 Å². The molecule has 1 aromatic heterocycles. The van der Waals surface area contributed by atoms with E-state index in [1.165, 1.54) is 0 Å². The van der Waals surface area contributed by atoms with Gasteiger partial charge in [-0.25, -0.2) is 4.98 Å². The van der Waals surface area contributed by atoms with Gasteiger partial charge in [-0.15, -0.1) is 0 Å². The lowest BCUT2D eigenvalue weighted by Crippen LogP contribution is -2.44. The Morgan fingerprint density at radius 3 is 2.77 bits per heavy atom. The van der Waals surface area contributed by atoms with Gasteiger partial charge in [0.25, 0.3) is 5.91 Å². The van der Waals surface area contributed by atoms with Gasteiger partial charge < -0.3 is 11.1 Å². The van der Waals surface area contributed by atoms with Crippen LogP contribution in [0.1, 0.15) is 29.8 Å². The van der Waals surface area contributed by atoms with Crippen LogP contribution in [0.2, 0.25) is 0 Å². The van der Waals surface area contributed by atoms with Crippen molar-refractivity contribution in [2.75, 3.05) is 0 Å². The molecule has 1 aromatic carbocycles. The molecule has 0 saturated heterocycles. The van der Waals surface area contributed by atoms with Crippen molar-refractivity contribution in [2.45, 2.75) is 25.3 Å². The number of unbranched alkanes of at least 4 members (excludes halogenated alkanes) is 1. The summed E-state index contributed by atoms with van der Waals surface area (Å²) in [6.45, 7) is 0. The van der Waals surface area contributed by atoms with E-state index < -0.39 is 17.9 Å². The van der Waals surface area contributed by atoms with Crippen molar-refractivity contribution in [3.63, 3.8) is 0 Å². The molecule has 0 saturated carbocycles. The molecular formula is C16H16N4O2. The number of nitriles is 1. The molecule has 2 amide bonds. The second-order valence-corrected chi connectivity index (χ2v) is 4.87. The van der Waals surface area contributed by atoms with Crippen LogP contribution in [0.25, 0.3) is 10.9 Å². The lowest BCUT2D eigenvalue weighted by Gasteiger charge is -2.14. The van der Waals surface area contributed by atoms with E-state index in [4.69, 9.17) is 11.0 Å². The Morgan fingerprint density at radius 1 is 1.27 bits per heavy atom. The molecule has 2 aromatic rings. The summed E-state index contributed by atoms with van der Waals surface area (Å²) in [5.74, 6) is -1.07. The van der Waals surface area contributed by atoms with Crippen molar-refractivity contribution >= 4 is 22.7 Å². The molecule has 0 unspecified atom stereocenters. The van der Waals surface area contributed by atoms with Crippen LogP contribution in [-0.4, -0.2) is 22.8 Å². The Morgan fingerprint density at radius 2 is 2.05 bits per heavy atom. The van der Waals surface area contributed by atoms with Crippen LogP contribution in [0.15, 0.2) is 36.4 Å². The van der Waals surface area contributed by atoms with Crippen LogP contribution in [0.4, 0.5) is 0 Å². The van der Waals surface area contributed by atoms with E-state index in [0.717, 1.165) is 5.39 Å². The lowest BCUT2D eigenvalue weighted by molar-refractivity contribution is -0.120. The molecule has 2 rings (SSSR count). The number of nitrogens with one attached hydrogen (secondary N) is 1. The predicted molar refractivity (Wildman–Crippen MR) is 81.7 cm³/mol. The monoisotopic (exact) mass is 296 g/mol. The Labute approximate surface area is 127 Å². The van der Waals surface area contributed by atoms with Crippen LogP contribution >= 0.6 is 0 Å². The smallest absolute Gasteiger partial charge is 0.270 e. The fourth-order valence-corrected chi connectivity index (χ4v) is 2.10. The SMILES string of the molecule is N#CCCC[C@@H](NC(=O)c1ccc2ccccc2n1)C(N)=O. The first-order valence-corrected chi connectivity index (χ1v) is 6.94. The summed E-state index contributed by atoms with van der Waals surface area (Å²) in [7, 11) is 0. The van der Waals surface area contributed by atoms with Crippen LogP contribution in [0.3, 0.4) is 0 Å². The summed E-state index contributed by atoms with van der Waals surface area (Å²) in [5.41, 5.74) is 6.21. The molecule has 1 atom stereocenters. The number of nitrogens with zero attached hydrogens (tertiary/aromatic N) is 2. The Kier molecular flexibility index (Phi) is 5.04. The van der Waals surface area contributed by atoms with Crippen LogP contribution in [0.5, 0.6) is 0 Å². The fraction of sp³-hybridized carbons (Fsp3) is 0.250. The molecule has 0 bridgehead atoms. The molecule has 0 spiro atoms. The average molecular weight is 296 g/mol. The summed E-state index contributed by atoms with van der Waals surface area (Å²) in [4.78, 5) is 27.8. The van der Waals surface area contributed by atoms with Crippen molar-refractivity contribution in [3.05, 3.63) is 42.1 Å². The molecule has 1 heterocycles. The maximum Gasteiger partial charge on any atom is 0.270 e. The number of hydrogen-bond acceptors (Lipinski definition) is 4. The standard InChI is InChI=1S/C16H16N4O2/c17-10-4-3-7-13(15(18)21)20-16(22)14-9-8-11-5-1-2-6-12(11)19-14/h1-2,5-6,8-9,13H,3-4,7H2,(H2,18,21)(H,20,22)/t13-/m1/s1. The van der Waals surface area contributed by atoms with E-state index in [0.29, 0.717) is 24.8 Å². The number of rotatable bonds is 6. The second-order valence-electron chi connectivity index (χ2n) is 4.87. The summed E-state index contributed by atoms with van der Waals surface area (Å²) < 4.78 is 0. The number of primary amides is 1. The van der Waals surface area contributed by atoms with Gasteiger partial charge in [-0.3, -0.25) is 9.59 Å². The average Bonchev–Trinajstić information content (AvgIpc) is 2.53. The lowest BCUT2D eigenvalue weighted by atomic mass is 10.1. The maximum atomic E-state index is 12.2. The fourth-order valence-electron chi connectivity index (χ4n) is 2.10. The van der Waals surface area contributed by atoms with E-state index in [2.05, 4.69) is 10.3 Å². The second kappa shape index (κ2) is 7.18. The van der Waals surface area contributed by atoms with Crippen molar-refractivity contribution in [2.24, 2.45) is 5.73 Å². The number of para-hydroxylation sites is 1. The zero-order valence-electron chi connectivity index (χ0n) is 12.0. The highest BCUT2D eigenvalue weighted by Gasteiger charge is 2.19. The Hall–Kier alpha value is -2.94. The highest BCUT2D eigenvalue weighted by molar-refractivity contribution is 5.97. The topological polar surface area (TPSA) is 109 Å².